The molecule has 0 unspecified atom stereocenters. The zero-order valence-corrected chi connectivity index (χ0v) is 15.1. The van der Waals surface area contributed by atoms with Gasteiger partial charge in [0.05, 0.1) is 24.0 Å². The van der Waals surface area contributed by atoms with Crippen LogP contribution in [0.2, 0.25) is 0 Å². The van der Waals surface area contributed by atoms with E-state index in [-0.39, 0.29) is 0 Å². The molecular formula is C16H21NO4S2. The number of ether oxygens (including phenoxy) is 1. The molecule has 0 radical (unpaired) electrons. The molecule has 2 aromatic rings. The first-order valence-corrected chi connectivity index (χ1v) is 9.83. The lowest BCUT2D eigenvalue weighted by atomic mass is 10.1. The van der Waals surface area contributed by atoms with Crippen LogP contribution in [0.4, 0.5) is 0 Å². The van der Waals surface area contributed by atoms with E-state index < -0.39 is 10.0 Å². The molecule has 0 saturated carbocycles. The Kier molecular flexibility index (Phi) is 6.15. The minimum absolute atomic E-state index is 0.298. The van der Waals surface area contributed by atoms with Crippen molar-refractivity contribution in [1.29, 1.82) is 0 Å². The fourth-order valence-electron chi connectivity index (χ4n) is 2.18. The zero-order valence-electron chi connectivity index (χ0n) is 13.5. The summed E-state index contributed by atoms with van der Waals surface area (Å²) in [6.07, 6.45) is 1.63. The maximum Gasteiger partial charge on any atom is 0.240 e. The summed E-state index contributed by atoms with van der Waals surface area (Å²) in [6, 6.07) is 7.01. The third-order valence-electron chi connectivity index (χ3n) is 3.56. The Bertz CT molecular complexity index is 740. The highest BCUT2D eigenvalue weighted by molar-refractivity contribution is 7.98. The molecule has 126 valence electrons. The molecule has 5 nitrogen and oxygen atoms in total. The van der Waals surface area contributed by atoms with Gasteiger partial charge in [-0.3, -0.25) is 0 Å². The molecule has 0 aliphatic heterocycles. The summed E-state index contributed by atoms with van der Waals surface area (Å²) < 4.78 is 37.9. The van der Waals surface area contributed by atoms with Gasteiger partial charge >= 0.3 is 0 Å². The molecule has 0 aliphatic carbocycles. The van der Waals surface area contributed by atoms with Crippen LogP contribution < -0.4 is 9.46 Å². The van der Waals surface area contributed by atoms with E-state index in [0.717, 1.165) is 17.1 Å². The number of methoxy groups -OCH3 is 1. The fraction of sp³-hybridized carbons (Fsp3) is 0.375. The monoisotopic (exact) mass is 355 g/mol. The van der Waals surface area contributed by atoms with Crippen LogP contribution in [0.15, 0.2) is 39.8 Å². The number of benzene rings is 1. The van der Waals surface area contributed by atoms with Gasteiger partial charge in [-0.25, -0.2) is 13.1 Å². The van der Waals surface area contributed by atoms with Crippen LogP contribution in [0, 0.1) is 13.8 Å². The number of hydrogen-bond donors (Lipinski definition) is 1. The SMILES string of the molecule is COc1ccc(S(=O)(=O)NCCSCc2ccco2)c(C)c1C. The standard InChI is InChI=1S/C16H21NO4S2/c1-12-13(2)16(7-6-15(12)20-3)23(18,19)17-8-10-22-11-14-5-4-9-21-14/h4-7,9,17H,8,10-11H2,1-3H3. The van der Waals surface area contributed by atoms with Gasteiger partial charge in [-0.05, 0) is 49.2 Å². The molecule has 0 fully saturated rings. The Morgan fingerprint density at radius 3 is 2.65 bits per heavy atom. The van der Waals surface area contributed by atoms with Crippen molar-refractivity contribution in [1.82, 2.24) is 4.72 Å². The average molecular weight is 355 g/mol. The second kappa shape index (κ2) is 7.90. The predicted molar refractivity (Wildman–Crippen MR) is 92.5 cm³/mol. The van der Waals surface area contributed by atoms with Gasteiger partial charge in [0.15, 0.2) is 0 Å². The number of nitrogens with one attached hydrogen (secondary N) is 1. The lowest BCUT2D eigenvalue weighted by molar-refractivity contribution is 0.410. The predicted octanol–water partition coefficient (Wildman–Crippen LogP) is 3.12. The summed E-state index contributed by atoms with van der Waals surface area (Å²) in [7, 11) is -1.94. The first kappa shape index (κ1) is 17.9. The molecule has 0 amide bonds. The Balaban J connectivity index is 1.92. The Labute approximate surface area is 141 Å². The number of rotatable bonds is 8. The Morgan fingerprint density at radius 1 is 1.22 bits per heavy atom. The molecule has 1 aromatic heterocycles. The summed E-state index contributed by atoms with van der Waals surface area (Å²) >= 11 is 1.62. The zero-order chi connectivity index (χ0) is 16.9. The molecule has 0 bridgehead atoms. The third kappa shape index (κ3) is 4.53. The molecule has 0 spiro atoms. The van der Waals surface area contributed by atoms with Crippen molar-refractivity contribution in [3.05, 3.63) is 47.4 Å². The molecule has 0 aliphatic rings. The first-order valence-electron chi connectivity index (χ1n) is 7.19. The van der Waals surface area contributed by atoms with Gasteiger partial charge in [-0.1, -0.05) is 0 Å². The van der Waals surface area contributed by atoms with Crippen molar-refractivity contribution in [2.24, 2.45) is 0 Å². The Hall–Kier alpha value is -1.44. The fourth-order valence-corrected chi connectivity index (χ4v) is 4.39. The van der Waals surface area contributed by atoms with Crippen LogP contribution in [0.3, 0.4) is 0 Å². The minimum Gasteiger partial charge on any atom is -0.496 e. The van der Waals surface area contributed by atoms with Crippen molar-refractivity contribution in [2.45, 2.75) is 24.5 Å². The molecular weight excluding hydrogens is 334 g/mol. The van der Waals surface area contributed by atoms with Crippen molar-refractivity contribution in [3.63, 3.8) is 0 Å². The maximum absolute atomic E-state index is 12.4. The van der Waals surface area contributed by atoms with Crippen LogP contribution in [0.5, 0.6) is 5.75 Å². The van der Waals surface area contributed by atoms with Crippen LogP contribution in [-0.4, -0.2) is 27.8 Å². The summed E-state index contributed by atoms with van der Waals surface area (Å²) in [5.74, 6) is 2.98. The average Bonchev–Trinajstić information content (AvgIpc) is 3.02. The number of furan rings is 1. The molecule has 1 heterocycles. The highest BCUT2D eigenvalue weighted by Gasteiger charge is 2.18. The van der Waals surface area contributed by atoms with Crippen LogP contribution >= 0.6 is 11.8 Å². The van der Waals surface area contributed by atoms with E-state index in [1.165, 1.54) is 0 Å². The lowest BCUT2D eigenvalue weighted by Gasteiger charge is -2.13. The molecule has 1 N–H and O–H groups in total. The lowest BCUT2D eigenvalue weighted by Crippen LogP contribution is -2.27. The van der Waals surface area contributed by atoms with E-state index in [4.69, 9.17) is 9.15 Å². The van der Waals surface area contributed by atoms with E-state index in [2.05, 4.69) is 4.72 Å². The van der Waals surface area contributed by atoms with Gasteiger partial charge in [0.2, 0.25) is 10.0 Å². The number of thioether (sulfide) groups is 1. The van der Waals surface area contributed by atoms with Gasteiger partial charge in [-0.15, -0.1) is 0 Å². The molecule has 2 rings (SSSR count). The third-order valence-corrected chi connectivity index (χ3v) is 6.15. The van der Waals surface area contributed by atoms with Gasteiger partial charge in [0.25, 0.3) is 0 Å². The van der Waals surface area contributed by atoms with Gasteiger partial charge < -0.3 is 9.15 Å². The van der Waals surface area contributed by atoms with Crippen molar-refractivity contribution in [3.8, 4) is 5.75 Å². The molecule has 23 heavy (non-hydrogen) atoms. The number of hydrogen-bond acceptors (Lipinski definition) is 5. The quantitative estimate of drug-likeness (QED) is 0.737. The molecule has 7 heteroatoms. The largest absolute Gasteiger partial charge is 0.496 e. The van der Waals surface area contributed by atoms with Gasteiger partial charge in [-0.2, -0.15) is 11.8 Å². The highest BCUT2D eigenvalue weighted by Crippen LogP contribution is 2.26. The van der Waals surface area contributed by atoms with E-state index in [1.54, 1.807) is 44.2 Å². The Morgan fingerprint density at radius 2 is 2.00 bits per heavy atom. The minimum atomic E-state index is -3.52. The molecule has 0 atom stereocenters. The second-order valence-electron chi connectivity index (χ2n) is 5.05. The molecule has 0 saturated heterocycles. The topological polar surface area (TPSA) is 68.5 Å². The molecule has 1 aromatic carbocycles. The normalized spacial score (nSPS) is 11.6. The van der Waals surface area contributed by atoms with E-state index in [0.29, 0.717) is 28.5 Å². The summed E-state index contributed by atoms with van der Waals surface area (Å²) in [5.41, 5.74) is 1.54. The smallest absolute Gasteiger partial charge is 0.240 e. The van der Waals surface area contributed by atoms with Crippen molar-refractivity contribution >= 4 is 21.8 Å². The van der Waals surface area contributed by atoms with Gasteiger partial charge in [0.1, 0.15) is 11.5 Å². The van der Waals surface area contributed by atoms with Crippen molar-refractivity contribution < 1.29 is 17.6 Å². The van der Waals surface area contributed by atoms with Gasteiger partial charge in [0, 0.05) is 12.3 Å². The van der Waals surface area contributed by atoms with E-state index in [1.807, 2.05) is 19.1 Å². The summed E-state index contributed by atoms with van der Waals surface area (Å²) in [4.78, 5) is 0.298. The summed E-state index contributed by atoms with van der Waals surface area (Å²) in [5, 5.41) is 0. The number of sulfonamides is 1. The first-order chi connectivity index (χ1) is 11.0. The van der Waals surface area contributed by atoms with Crippen LogP contribution in [0.25, 0.3) is 0 Å². The maximum atomic E-state index is 12.4. The van der Waals surface area contributed by atoms with Crippen LogP contribution in [0.1, 0.15) is 16.9 Å². The van der Waals surface area contributed by atoms with Crippen LogP contribution in [-0.2, 0) is 15.8 Å². The summed E-state index contributed by atoms with van der Waals surface area (Å²) in [6.45, 7) is 4.02. The van der Waals surface area contributed by atoms with Crippen molar-refractivity contribution in [2.75, 3.05) is 19.4 Å². The highest BCUT2D eigenvalue weighted by atomic mass is 32.2. The van der Waals surface area contributed by atoms with E-state index >= 15 is 0 Å². The second-order valence-corrected chi connectivity index (χ2v) is 7.89. The van der Waals surface area contributed by atoms with E-state index in [9.17, 15) is 8.42 Å².